The molecule has 1 aromatic heterocycles. The maximum absolute atomic E-state index is 11.2. The second kappa shape index (κ2) is 6.19. The van der Waals surface area contributed by atoms with Gasteiger partial charge in [0.05, 0.1) is 0 Å². The first-order valence-electron chi connectivity index (χ1n) is 6.23. The van der Waals surface area contributed by atoms with Gasteiger partial charge in [0.2, 0.25) is 0 Å². The Morgan fingerprint density at radius 1 is 1.67 bits per heavy atom. The van der Waals surface area contributed by atoms with Gasteiger partial charge in [0.15, 0.2) is 0 Å². The zero-order chi connectivity index (χ0) is 15.6. The van der Waals surface area contributed by atoms with E-state index in [0.717, 1.165) is 0 Å². The van der Waals surface area contributed by atoms with Crippen LogP contribution in [0.4, 0.5) is 0 Å². The fourth-order valence-corrected chi connectivity index (χ4v) is 3.99. The van der Waals surface area contributed by atoms with Crippen LogP contribution >= 0.6 is 0 Å². The van der Waals surface area contributed by atoms with Crippen LogP contribution in [0.5, 0.6) is 0 Å². The van der Waals surface area contributed by atoms with Gasteiger partial charge in [-0.1, -0.05) is 0 Å². The summed E-state index contributed by atoms with van der Waals surface area (Å²) in [5.41, 5.74) is 8.74. The van der Waals surface area contributed by atoms with Gasteiger partial charge >= 0.3 is 126 Å². The normalized spacial score (nSPS) is 35.8. The predicted molar refractivity (Wildman–Crippen MR) is 72.3 cm³/mol. The van der Waals surface area contributed by atoms with Crippen molar-refractivity contribution in [2.45, 2.75) is 44.0 Å². The van der Waals surface area contributed by atoms with Gasteiger partial charge in [-0.05, 0) is 0 Å². The van der Waals surface area contributed by atoms with E-state index < -0.39 is 36.1 Å². The molecule has 2 rings (SSSR count). The first-order chi connectivity index (χ1) is 9.90. The average molecular weight is 360 g/mol. The molecule has 0 aliphatic carbocycles. The van der Waals surface area contributed by atoms with Crippen molar-refractivity contribution < 1.29 is 24.5 Å². The fourth-order valence-electron chi connectivity index (χ4n) is 2.31. The molecule has 5 atom stereocenters. The topological polar surface area (TPSA) is 125 Å². The summed E-state index contributed by atoms with van der Waals surface area (Å²) >= 11 is -0.166. The van der Waals surface area contributed by atoms with E-state index in [1.165, 1.54) is 6.92 Å². The molecule has 8 nitrogen and oxygen atoms in total. The van der Waals surface area contributed by atoms with E-state index in [4.69, 9.17) is 15.0 Å². The number of hydrogen-bond acceptors (Lipinski definition) is 6. The SMILES string of the molecule is CC(=O)O[C@H]1[C@@H](O)[C@@H](C)O[C@@](O)(c2ccc[se]2)[C@@H]1N=[N+]=[N-]. The zero-order valence-electron chi connectivity index (χ0n) is 11.4. The molecule has 1 fully saturated rings. The molecule has 1 aliphatic rings. The monoisotopic (exact) mass is 361 g/mol. The summed E-state index contributed by atoms with van der Waals surface area (Å²) in [6, 6.07) is 2.18. The van der Waals surface area contributed by atoms with Crippen LogP contribution in [0.3, 0.4) is 0 Å². The number of carbonyl (C=O) groups is 1. The number of rotatable bonds is 3. The van der Waals surface area contributed by atoms with Gasteiger partial charge in [-0.2, -0.15) is 0 Å². The molecule has 0 amide bonds. The third-order valence-corrected chi connectivity index (χ3v) is 5.29. The number of aliphatic hydroxyl groups excluding tert-OH is 1. The Morgan fingerprint density at radius 3 is 2.90 bits per heavy atom. The number of ether oxygens (including phenoxy) is 2. The maximum atomic E-state index is 11.2. The van der Waals surface area contributed by atoms with Gasteiger partial charge < -0.3 is 0 Å². The van der Waals surface area contributed by atoms with Crippen molar-refractivity contribution in [1.29, 1.82) is 0 Å². The summed E-state index contributed by atoms with van der Waals surface area (Å²) in [4.78, 5) is 15.8. The van der Waals surface area contributed by atoms with Crippen molar-refractivity contribution in [3.05, 3.63) is 32.0 Å². The molecule has 0 spiro atoms. The first kappa shape index (κ1) is 16.0. The Hall–Kier alpha value is -1.34. The quantitative estimate of drug-likeness (QED) is 0.263. The average Bonchev–Trinajstić information content (AvgIpc) is 2.94. The van der Waals surface area contributed by atoms with Gasteiger partial charge in [0.1, 0.15) is 0 Å². The van der Waals surface area contributed by atoms with Crippen molar-refractivity contribution in [3.63, 3.8) is 0 Å². The van der Waals surface area contributed by atoms with E-state index >= 15 is 0 Å². The Labute approximate surface area is 126 Å². The van der Waals surface area contributed by atoms with Crippen molar-refractivity contribution in [1.82, 2.24) is 0 Å². The van der Waals surface area contributed by atoms with Crippen molar-refractivity contribution in [2.24, 2.45) is 5.11 Å². The minimum atomic E-state index is -1.89. The number of aliphatic hydroxyl groups is 2. The minimum absolute atomic E-state index is 0.166. The molecule has 1 aliphatic heterocycles. The van der Waals surface area contributed by atoms with E-state index in [0.29, 0.717) is 4.44 Å². The Morgan fingerprint density at radius 2 is 2.38 bits per heavy atom. The number of hydrogen-bond donors (Lipinski definition) is 2. The van der Waals surface area contributed by atoms with E-state index in [1.54, 1.807) is 19.1 Å². The van der Waals surface area contributed by atoms with Crippen LogP contribution < -0.4 is 0 Å². The molecular weight excluding hydrogens is 345 g/mol. The Bertz CT molecular complexity index is 559. The molecule has 0 bridgehead atoms. The predicted octanol–water partition coefficient (Wildman–Crippen LogP) is 0.279. The molecule has 0 unspecified atom stereocenters. The molecule has 1 aromatic rings. The summed E-state index contributed by atoms with van der Waals surface area (Å²) in [5.74, 6) is -2.54. The molecule has 0 aromatic carbocycles. The zero-order valence-corrected chi connectivity index (χ0v) is 13.1. The van der Waals surface area contributed by atoms with Crippen molar-refractivity contribution in [3.8, 4) is 0 Å². The van der Waals surface area contributed by atoms with Crippen LogP contribution in [0.2, 0.25) is 0 Å². The second-order valence-corrected chi connectivity index (χ2v) is 6.70. The third kappa shape index (κ3) is 2.98. The molecule has 1 saturated heterocycles. The summed E-state index contributed by atoms with van der Waals surface area (Å²) < 4.78 is 11.1. The number of azide groups is 1. The van der Waals surface area contributed by atoms with Crippen LogP contribution in [0, 0.1) is 0 Å². The van der Waals surface area contributed by atoms with E-state index in [-0.39, 0.29) is 14.5 Å². The van der Waals surface area contributed by atoms with Crippen LogP contribution in [0.15, 0.2) is 22.2 Å². The Balaban J connectivity index is 2.48. The fraction of sp³-hybridized carbons (Fsp3) is 0.583. The molecule has 0 saturated carbocycles. The first-order valence-corrected chi connectivity index (χ1v) is 8.08. The van der Waals surface area contributed by atoms with Gasteiger partial charge in [-0.3, -0.25) is 0 Å². The van der Waals surface area contributed by atoms with Gasteiger partial charge in [0, 0.05) is 0 Å². The van der Waals surface area contributed by atoms with E-state index in [2.05, 4.69) is 10.0 Å². The summed E-state index contributed by atoms with van der Waals surface area (Å²) in [7, 11) is 0. The van der Waals surface area contributed by atoms with Gasteiger partial charge in [-0.15, -0.1) is 0 Å². The van der Waals surface area contributed by atoms with Crippen molar-refractivity contribution in [2.75, 3.05) is 0 Å². The van der Waals surface area contributed by atoms with Gasteiger partial charge in [0.25, 0.3) is 0 Å². The van der Waals surface area contributed by atoms with Crippen LogP contribution in [0.1, 0.15) is 18.3 Å². The van der Waals surface area contributed by atoms with Gasteiger partial charge in [-0.25, -0.2) is 0 Å². The second-order valence-electron chi connectivity index (χ2n) is 4.71. The summed E-state index contributed by atoms with van der Waals surface area (Å²) in [5, 5.41) is 24.5. The Kier molecular flexibility index (Phi) is 4.73. The molecule has 2 heterocycles. The number of nitrogens with zero attached hydrogens (tertiary/aromatic N) is 3. The molecule has 0 radical (unpaired) electrons. The van der Waals surface area contributed by atoms with Crippen LogP contribution in [-0.4, -0.2) is 55.0 Å². The molecule has 2 N–H and O–H groups in total. The van der Waals surface area contributed by atoms with Crippen molar-refractivity contribution >= 4 is 20.5 Å². The summed E-state index contributed by atoms with van der Waals surface area (Å²) in [6.07, 6.45) is -3.17. The number of esters is 1. The van der Waals surface area contributed by atoms with E-state index in [9.17, 15) is 15.0 Å². The molecule has 114 valence electrons. The standard InChI is InChI=1S/C12H15N3O5Se/c1-6-9(17)10(19-7(2)16)11(14-15-13)12(18,20-6)8-4-3-5-21-8/h3-6,9-11,17-18H,1-2H3/t6-,9+,10+,11-,12+/m1/s1. The molecule has 9 heteroatoms. The molecule has 21 heavy (non-hydrogen) atoms. The number of carbonyl (C=O) groups excluding carboxylic acids is 1. The third-order valence-electron chi connectivity index (χ3n) is 3.25. The van der Waals surface area contributed by atoms with Crippen LogP contribution in [-0.2, 0) is 20.1 Å². The van der Waals surface area contributed by atoms with E-state index in [1.807, 2.05) is 4.94 Å². The molecular formula is C12H15N3O5Se. The summed E-state index contributed by atoms with van der Waals surface area (Å²) in [6.45, 7) is 2.73. The van der Waals surface area contributed by atoms with Crippen LogP contribution in [0.25, 0.3) is 10.4 Å².